The van der Waals surface area contributed by atoms with Gasteiger partial charge in [-0.05, 0) is 96.3 Å². The maximum Gasteiger partial charge on any atom is 0.306 e. The second-order valence-electron chi connectivity index (χ2n) is 20.2. The minimum atomic E-state index is -0.793. The predicted molar refractivity (Wildman–Crippen MR) is 311 cm³/mol. The first-order chi connectivity index (χ1) is 35.5. The summed E-state index contributed by atoms with van der Waals surface area (Å²) in [5.41, 5.74) is 0. The molecule has 0 spiro atoms. The van der Waals surface area contributed by atoms with Crippen molar-refractivity contribution in [2.75, 3.05) is 13.2 Å². The van der Waals surface area contributed by atoms with Crippen molar-refractivity contribution < 1.29 is 28.6 Å². The lowest BCUT2D eigenvalue weighted by Crippen LogP contribution is -2.30. The molecule has 0 aliphatic heterocycles. The van der Waals surface area contributed by atoms with Gasteiger partial charge in [0.05, 0.1) is 0 Å². The monoisotopic (exact) mass is 1000 g/mol. The molecule has 72 heavy (non-hydrogen) atoms. The summed E-state index contributed by atoms with van der Waals surface area (Å²) in [5.74, 6) is -0.937. The van der Waals surface area contributed by atoms with Crippen molar-refractivity contribution in [3.63, 3.8) is 0 Å². The van der Waals surface area contributed by atoms with E-state index in [1.54, 1.807) is 0 Å². The van der Waals surface area contributed by atoms with Crippen LogP contribution >= 0.6 is 0 Å². The highest BCUT2D eigenvalue weighted by Crippen LogP contribution is 2.16. The fraction of sp³-hybridized carbons (Fsp3) is 0.742. The quantitative estimate of drug-likeness (QED) is 0.0261. The molecule has 0 bridgehead atoms. The molecule has 0 N–H and O–H groups in total. The molecule has 0 aromatic carbocycles. The van der Waals surface area contributed by atoms with Crippen molar-refractivity contribution in [2.45, 2.75) is 303 Å². The van der Waals surface area contributed by atoms with Gasteiger partial charge in [-0.2, -0.15) is 0 Å². The Kier molecular flexibility index (Phi) is 57.3. The molecule has 0 fully saturated rings. The van der Waals surface area contributed by atoms with Crippen LogP contribution in [0.3, 0.4) is 0 Å². The Morgan fingerprint density at radius 3 is 0.875 bits per heavy atom. The van der Waals surface area contributed by atoms with Crippen LogP contribution in [-0.4, -0.2) is 37.2 Å². The average molecular weight is 1000 g/mol. The van der Waals surface area contributed by atoms with Crippen molar-refractivity contribution in [2.24, 2.45) is 0 Å². The van der Waals surface area contributed by atoms with Gasteiger partial charge in [0.25, 0.3) is 0 Å². The maximum atomic E-state index is 12.8. The zero-order chi connectivity index (χ0) is 52.2. The molecule has 6 nitrogen and oxygen atoms in total. The van der Waals surface area contributed by atoms with E-state index in [1.165, 1.54) is 161 Å². The van der Waals surface area contributed by atoms with E-state index in [1.807, 2.05) is 0 Å². The van der Waals surface area contributed by atoms with Gasteiger partial charge in [0.1, 0.15) is 13.2 Å². The molecule has 0 amide bonds. The van der Waals surface area contributed by atoms with Crippen LogP contribution in [-0.2, 0) is 28.6 Å². The number of carbonyl (C=O) groups is 3. The molecule has 0 saturated heterocycles. The highest BCUT2D eigenvalue weighted by molar-refractivity contribution is 5.71. The van der Waals surface area contributed by atoms with E-state index >= 15 is 0 Å². The third-order valence-electron chi connectivity index (χ3n) is 13.1. The number of unbranched alkanes of at least 4 members (excludes halogenated alkanes) is 30. The summed E-state index contributed by atoms with van der Waals surface area (Å²) in [5, 5.41) is 0. The van der Waals surface area contributed by atoms with E-state index in [-0.39, 0.29) is 37.5 Å². The third kappa shape index (κ3) is 57.5. The van der Waals surface area contributed by atoms with Gasteiger partial charge in [-0.25, -0.2) is 0 Å². The van der Waals surface area contributed by atoms with Gasteiger partial charge in [-0.1, -0.05) is 266 Å². The summed E-state index contributed by atoms with van der Waals surface area (Å²) < 4.78 is 16.7. The molecule has 0 saturated carbocycles. The first-order valence-corrected chi connectivity index (χ1v) is 30.6. The normalized spacial score (nSPS) is 12.7. The Balaban J connectivity index is 4.00. The maximum absolute atomic E-state index is 12.8. The van der Waals surface area contributed by atoms with Crippen molar-refractivity contribution in [1.82, 2.24) is 0 Å². The van der Waals surface area contributed by atoms with E-state index in [0.29, 0.717) is 19.3 Å². The van der Waals surface area contributed by atoms with Crippen LogP contribution in [0.25, 0.3) is 0 Å². The molecule has 0 heterocycles. The van der Waals surface area contributed by atoms with Crippen molar-refractivity contribution in [3.8, 4) is 0 Å². The second-order valence-corrected chi connectivity index (χ2v) is 20.2. The Labute approximate surface area is 445 Å². The summed E-state index contributed by atoms with van der Waals surface area (Å²) in [6, 6.07) is 0. The Morgan fingerprint density at radius 2 is 0.542 bits per heavy atom. The van der Waals surface area contributed by atoms with Gasteiger partial charge in [0.15, 0.2) is 6.10 Å². The fourth-order valence-corrected chi connectivity index (χ4v) is 8.56. The van der Waals surface area contributed by atoms with Gasteiger partial charge in [-0.15, -0.1) is 0 Å². The molecule has 1 atom stereocenters. The Morgan fingerprint density at radius 1 is 0.292 bits per heavy atom. The minimum Gasteiger partial charge on any atom is -0.462 e. The number of ether oxygens (including phenoxy) is 3. The van der Waals surface area contributed by atoms with E-state index in [0.717, 1.165) is 89.9 Å². The highest BCUT2D eigenvalue weighted by Gasteiger charge is 2.19. The van der Waals surface area contributed by atoms with Crippen LogP contribution < -0.4 is 0 Å². The van der Waals surface area contributed by atoms with Crippen LogP contribution in [0.1, 0.15) is 297 Å². The topological polar surface area (TPSA) is 78.9 Å². The summed E-state index contributed by atoms with van der Waals surface area (Å²) >= 11 is 0. The number of carbonyl (C=O) groups excluding carboxylic acids is 3. The largest absolute Gasteiger partial charge is 0.462 e. The van der Waals surface area contributed by atoms with Gasteiger partial charge < -0.3 is 14.2 Å². The Bertz CT molecular complexity index is 1380. The molecule has 0 aliphatic carbocycles. The van der Waals surface area contributed by atoms with Crippen LogP contribution in [0.15, 0.2) is 85.1 Å². The first-order valence-electron chi connectivity index (χ1n) is 30.6. The summed E-state index contributed by atoms with van der Waals surface area (Å²) in [7, 11) is 0. The van der Waals surface area contributed by atoms with Crippen LogP contribution in [0, 0.1) is 0 Å². The molecule has 1 unspecified atom stereocenters. The van der Waals surface area contributed by atoms with E-state index in [2.05, 4.69) is 106 Å². The molecule has 414 valence electrons. The smallest absolute Gasteiger partial charge is 0.306 e. The third-order valence-corrected chi connectivity index (χ3v) is 13.1. The summed E-state index contributed by atoms with van der Waals surface area (Å²) in [6.45, 7) is 6.43. The zero-order valence-corrected chi connectivity index (χ0v) is 47.4. The average Bonchev–Trinajstić information content (AvgIpc) is 3.38. The molecular weight excluding hydrogens is 889 g/mol. The van der Waals surface area contributed by atoms with Gasteiger partial charge in [0.2, 0.25) is 0 Å². The number of esters is 3. The minimum absolute atomic E-state index is 0.0909. The van der Waals surface area contributed by atoms with Crippen molar-refractivity contribution >= 4 is 17.9 Å². The van der Waals surface area contributed by atoms with E-state index in [4.69, 9.17) is 14.2 Å². The van der Waals surface area contributed by atoms with Gasteiger partial charge in [0, 0.05) is 19.3 Å². The highest BCUT2D eigenvalue weighted by atomic mass is 16.6. The zero-order valence-electron chi connectivity index (χ0n) is 47.4. The Hall–Kier alpha value is -3.41. The van der Waals surface area contributed by atoms with Crippen molar-refractivity contribution in [3.05, 3.63) is 85.1 Å². The predicted octanol–water partition coefficient (Wildman–Crippen LogP) is 20.7. The number of hydrogen-bond acceptors (Lipinski definition) is 6. The lowest BCUT2D eigenvalue weighted by Gasteiger charge is -2.18. The van der Waals surface area contributed by atoms with Gasteiger partial charge in [-0.3, -0.25) is 14.4 Å². The molecule has 0 aliphatic rings. The molecule has 0 rings (SSSR count). The standard InChI is InChI=1S/C66H114O6/c1-4-7-10-13-16-18-20-22-24-25-26-27-28-29-30-31-32-33-34-35-36-37-38-39-40-41-43-44-46-48-50-53-56-59-65(68)71-62-63(61-70-64(67)58-55-52-15-12-9-6-3)72-66(69)60-57-54-51-49-47-45-42-23-21-19-17-14-11-8-5-2/h8,11,17,19-20,22-23,25-26,28-29,42,47,49,63H,4-7,9-10,12-16,18,21,24,27,30-41,43-46,48,50-62H2,1-3H3/b11-8-,19-17-,22-20-,26-25-,29-28-,42-23-,49-47-. The summed E-state index contributed by atoms with van der Waals surface area (Å²) in [4.78, 5) is 37.8. The molecule has 0 aromatic rings. The number of rotatable bonds is 55. The molecule has 6 heteroatoms. The van der Waals surface area contributed by atoms with Crippen molar-refractivity contribution in [1.29, 1.82) is 0 Å². The summed E-state index contributed by atoms with van der Waals surface area (Å²) in [6.07, 6.45) is 79.3. The lowest BCUT2D eigenvalue weighted by molar-refractivity contribution is -0.167. The molecular formula is C66H114O6. The lowest BCUT2D eigenvalue weighted by atomic mass is 10.0. The SMILES string of the molecule is CC/C=C\C/C=C\C/C=C\C/C=C\CCCCC(=O)OC(COC(=O)CCCCCCCC)COC(=O)CCCCCCCCCCCCCCCCCCCC/C=C\C/C=C\C/C=C\CCCCCCC. The van der Waals surface area contributed by atoms with E-state index in [9.17, 15) is 14.4 Å². The second kappa shape index (κ2) is 60.1. The first kappa shape index (κ1) is 68.6. The van der Waals surface area contributed by atoms with Crippen LogP contribution in [0.5, 0.6) is 0 Å². The molecule has 0 radical (unpaired) electrons. The van der Waals surface area contributed by atoms with E-state index < -0.39 is 6.10 Å². The van der Waals surface area contributed by atoms with Crippen LogP contribution in [0.4, 0.5) is 0 Å². The van der Waals surface area contributed by atoms with Gasteiger partial charge >= 0.3 is 17.9 Å². The number of hydrogen-bond donors (Lipinski definition) is 0. The van der Waals surface area contributed by atoms with Crippen LogP contribution in [0.2, 0.25) is 0 Å². The molecule has 0 aromatic heterocycles. The fourth-order valence-electron chi connectivity index (χ4n) is 8.56. The number of allylic oxidation sites excluding steroid dienone is 14.